The normalized spacial score (nSPS) is 10.3. The molecule has 166 valence electrons. The lowest BCUT2D eigenvalue weighted by Gasteiger charge is -2.04. The number of fused-ring (bicyclic) bond motifs is 1. The van der Waals surface area contributed by atoms with Crippen LogP contribution in [0.25, 0.3) is 22.2 Å². The van der Waals surface area contributed by atoms with Crippen molar-refractivity contribution in [1.82, 2.24) is 19.7 Å². The van der Waals surface area contributed by atoms with Gasteiger partial charge in [0.1, 0.15) is 0 Å². The van der Waals surface area contributed by atoms with E-state index in [9.17, 15) is 14.9 Å². The zero-order valence-electron chi connectivity index (χ0n) is 17.2. The van der Waals surface area contributed by atoms with Crippen LogP contribution in [-0.2, 0) is 7.05 Å². The molecule has 0 radical (unpaired) electrons. The summed E-state index contributed by atoms with van der Waals surface area (Å²) < 4.78 is 2.15. The smallest absolute Gasteiger partial charge is 0.335 e. The molecule has 0 amide bonds. The minimum Gasteiger partial charge on any atom is -0.478 e. The number of aromatic nitrogens is 4. The molecule has 2 aromatic heterocycles. The second-order valence-corrected chi connectivity index (χ2v) is 7.90. The average Bonchev–Trinajstić information content (AvgIpc) is 3.15. The number of rotatable bonds is 3. The number of benzene rings is 2. The van der Waals surface area contributed by atoms with Crippen LogP contribution in [0.2, 0.25) is 5.28 Å². The van der Waals surface area contributed by atoms with E-state index in [0.29, 0.717) is 21.3 Å². The van der Waals surface area contributed by atoms with Crippen LogP contribution < -0.4 is 0 Å². The van der Waals surface area contributed by atoms with Crippen LogP contribution in [0.4, 0.5) is 5.69 Å². The molecular weight excluding hydrogens is 516 g/mol. The predicted molar refractivity (Wildman–Crippen MR) is 124 cm³/mol. The SMILES string of the molecule is Cc1c(Br)cc(C(=O)O)cc1[N+](=O)[O-].Cn1ncc2c(-c3ccnc(Cl)n3)cc(C#N)cc21. The maximum Gasteiger partial charge on any atom is 0.335 e. The Morgan fingerprint density at radius 2 is 2.06 bits per heavy atom. The number of halogens is 2. The Labute approximate surface area is 200 Å². The van der Waals surface area contributed by atoms with E-state index in [0.717, 1.165) is 22.5 Å². The summed E-state index contributed by atoms with van der Waals surface area (Å²) >= 11 is 8.88. The molecule has 0 aliphatic rings. The first-order valence-electron chi connectivity index (χ1n) is 9.15. The lowest BCUT2D eigenvalue weighted by Crippen LogP contribution is -2.00. The van der Waals surface area contributed by atoms with Crippen LogP contribution in [0.1, 0.15) is 21.5 Å². The zero-order chi connectivity index (χ0) is 24.3. The highest BCUT2D eigenvalue weighted by atomic mass is 79.9. The lowest BCUT2D eigenvalue weighted by atomic mass is 10.0. The molecule has 0 spiro atoms. The fourth-order valence-electron chi connectivity index (χ4n) is 2.99. The van der Waals surface area contributed by atoms with Crippen molar-refractivity contribution < 1.29 is 14.8 Å². The summed E-state index contributed by atoms with van der Waals surface area (Å²) in [5.74, 6) is -1.19. The number of nitro groups is 1. The van der Waals surface area contributed by atoms with Gasteiger partial charge in [0.2, 0.25) is 5.28 Å². The minimum atomic E-state index is -1.19. The van der Waals surface area contributed by atoms with Crippen molar-refractivity contribution in [3.8, 4) is 17.3 Å². The molecule has 2 aromatic carbocycles. The van der Waals surface area contributed by atoms with E-state index in [1.54, 1.807) is 42.2 Å². The largest absolute Gasteiger partial charge is 0.478 e. The van der Waals surface area contributed by atoms with Crippen molar-refractivity contribution in [3.05, 3.63) is 79.3 Å². The number of hydrogen-bond donors (Lipinski definition) is 1. The van der Waals surface area contributed by atoms with Gasteiger partial charge in [-0.2, -0.15) is 10.4 Å². The van der Waals surface area contributed by atoms with E-state index in [-0.39, 0.29) is 16.5 Å². The highest BCUT2D eigenvalue weighted by Crippen LogP contribution is 2.29. The summed E-state index contributed by atoms with van der Waals surface area (Å²) in [6.07, 6.45) is 3.34. The Hall–Kier alpha value is -3.88. The van der Waals surface area contributed by atoms with Gasteiger partial charge >= 0.3 is 5.97 Å². The first-order valence-corrected chi connectivity index (χ1v) is 10.3. The van der Waals surface area contributed by atoms with Gasteiger partial charge in [-0.1, -0.05) is 15.9 Å². The molecule has 0 saturated carbocycles. The number of nitriles is 1. The van der Waals surface area contributed by atoms with Crippen molar-refractivity contribution in [2.75, 3.05) is 0 Å². The Morgan fingerprint density at radius 3 is 2.67 bits per heavy atom. The van der Waals surface area contributed by atoms with Crippen LogP contribution >= 0.6 is 27.5 Å². The molecule has 4 aromatic rings. The zero-order valence-corrected chi connectivity index (χ0v) is 19.5. The lowest BCUT2D eigenvalue weighted by molar-refractivity contribution is -0.385. The van der Waals surface area contributed by atoms with Gasteiger partial charge in [-0.15, -0.1) is 0 Å². The number of aromatic carboxylic acids is 1. The number of carboxylic acid groups (broad SMARTS) is 1. The first kappa shape index (κ1) is 23.8. The molecule has 0 aliphatic carbocycles. The summed E-state index contributed by atoms with van der Waals surface area (Å²) in [4.78, 5) is 28.6. The van der Waals surface area contributed by atoms with E-state index in [1.807, 2.05) is 7.05 Å². The topological polar surface area (TPSA) is 148 Å². The molecule has 10 nitrogen and oxygen atoms in total. The van der Waals surface area contributed by atoms with Gasteiger partial charge in [0.15, 0.2) is 0 Å². The number of carbonyl (C=O) groups is 1. The summed E-state index contributed by atoms with van der Waals surface area (Å²) in [7, 11) is 1.83. The Balaban J connectivity index is 0.000000196. The molecule has 0 bridgehead atoms. The first-order chi connectivity index (χ1) is 15.6. The van der Waals surface area contributed by atoms with Crippen LogP contribution in [0.15, 0.2) is 47.2 Å². The van der Waals surface area contributed by atoms with Crippen molar-refractivity contribution in [1.29, 1.82) is 5.26 Å². The van der Waals surface area contributed by atoms with Crippen LogP contribution in [0.5, 0.6) is 0 Å². The summed E-state index contributed by atoms with van der Waals surface area (Å²) in [5.41, 5.74) is 3.05. The second kappa shape index (κ2) is 9.72. The third-order valence-corrected chi connectivity index (χ3v) is 5.66. The van der Waals surface area contributed by atoms with Gasteiger partial charge in [-0.25, -0.2) is 14.8 Å². The number of nitro benzene ring substituents is 1. The van der Waals surface area contributed by atoms with Crippen LogP contribution in [0.3, 0.4) is 0 Å². The summed E-state index contributed by atoms with van der Waals surface area (Å²) in [5, 5.41) is 33.6. The minimum absolute atomic E-state index is 0.103. The van der Waals surface area contributed by atoms with E-state index in [2.05, 4.69) is 37.1 Å². The maximum atomic E-state index is 10.6. The summed E-state index contributed by atoms with van der Waals surface area (Å²) in [6.45, 7) is 1.55. The van der Waals surface area contributed by atoms with Gasteiger partial charge in [-0.05, 0) is 42.8 Å². The van der Waals surface area contributed by atoms with Crippen LogP contribution in [0, 0.1) is 28.4 Å². The fraction of sp³-hybridized carbons (Fsp3) is 0.0952. The molecule has 4 rings (SSSR count). The van der Waals surface area contributed by atoms with E-state index in [1.165, 1.54) is 6.07 Å². The van der Waals surface area contributed by atoms with Gasteiger partial charge in [0.05, 0.1) is 39.5 Å². The number of hydrogen-bond acceptors (Lipinski definition) is 7. The fourth-order valence-corrected chi connectivity index (χ4v) is 3.58. The highest BCUT2D eigenvalue weighted by Gasteiger charge is 2.17. The van der Waals surface area contributed by atoms with E-state index < -0.39 is 10.9 Å². The number of nitrogens with zero attached hydrogens (tertiary/aromatic N) is 6. The van der Waals surface area contributed by atoms with Gasteiger partial charge in [-0.3, -0.25) is 14.8 Å². The molecular formula is C21H14BrClN6O4. The van der Waals surface area contributed by atoms with Crippen molar-refractivity contribution in [2.45, 2.75) is 6.92 Å². The monoisotopic (exact) mass is 528 g/mol. The maximum absolute atomic E-state index is 10.6. The van der Waals surface area contributed by atoms with E-state index >= 15 is 0 Å². The molecule has 0 saturated heterocycles. The molecule has 1 N–H and O–H groups in total. The Kier molecular flexibility index (Phi) is 7.01. The standard InChI is InChI=1S/C13H8ClN5.C8H6BrNO4/c1-19-12-5-8(6-15)4-9(10(12)7-17-19)11-2-3-16-13(14)18-11;1-4-6(9)2-5(8(11)12)3-7(4)10(13)14/h2-5,7H,1H3;2-3H,1H3,(H,11,12). The Bertz CT molecular complexity index is 1450. The molecule has 0 atom stereocenters. The van der Waals surface area contributed by atoms with Crippen molar-refractivity contribution in [3.63, 3.8) is 0 Å². The van der Waals surface area contributed by atoms with E-state index in [4.69, 9.17) is 22.0 Å². The molecule has 0 unspecified atom stereocenters. The third kappa shape index (κ3) is 5.14. The van der Waals surface area contributed by atoms with Crippen LogP contribution in [-0.4, -0.2) is 35.7 Å². The number of carboxylic acids is 1. The van der Waals surface area contributed by atoms with Gasteiger partial charge in [0.25, 0.3) is 5.69 Å². The predicted octanol–water partition coefficient (Wildman–Crippen LogP) is 4.92. The quantitative estimate of drug-likeness (QED) is 0.223. The van der Waals surface area contributed by atoms with Gasteiger partial charge < -0.3 is 5.11 Å². The molecule has 0 fully saturated rings. The third-order valence-electron chi connectivity index (χ3n) is 4.66. The molecule has 2 heterocycles. The van der Waals surface area contributed by atoms with Gasteiger partial charge in [0, 0.05) is 40.3 Å². The highest BCUT2D eigenvalue weighted by molar-refractivity contribution is 9.10. The molecule has 0 aliphatic heterocycles. The molecule has 33 heavy (non-hydrogen) atoms. The van der Waals surface area contributed by atoms with Crippen molar-refractivity contribution in [2.24, 2.45) is 7.05 Å². The Morgan fingerprint density at radius 1 is 1.33 bits per heavy atom. The average molecular weight is 530 g/mol. The van der Waals surface area contributed by atoms with Crippen molar-refractivity contribution >= 4 is 50.1 Å². The molecule has 12 heteroatoms. The number of aryl methyl sites for hydroxylation is 1. The second-order valence-electron chi connectivity index (χ2n) is 6.71. The summed E-state index contributed by atoms with van der Waals surface area (Å²) in [6, 6.07) is 9.86.